The molecule has 48 heavy (non-hydrogen) atoms. The van der Waals surface area contributed by atoms with Gasteiger partial charge in [-0.25, -0.2) is 0 Å². The summed E-state index contributed by atoms with van der Waals surface area (Å²) in [5, 5.41) is 0.279. The molecule has 0 bridgehead atoms. The largest absolute Gasteiger partial charge is 0.417 e. The first-order valence-electron chi connectivity index (χ1n) is 18.1. The first-order valence-corrected chi connectivity index (χ1v) is 25.9. The van der Waals surface area contributed by atoms with Crippen molar-refractivity contribution in [2.24, 2.45) is 5.41 Å². The van der Waals surface area contributed by atoms with Crippen LogP contribution in [0.25, 0.3) is 0 Å². The van der Waals surface area contributed by atoms with Crippen molar-refractivity contribution in [3.63, 3.8) is 0 Å². The van der Waals surface area contributed by atoms with Gasteiger partial charge in [-0.05, 0) is 72.6 Å². The summed E-state index contributed by atoms with van der Waals surface area (Å²) in [6.07, 6.45) is 4.21. The van der Waals surface area contributed by atoms with Crippen LogP contribution in [0.1, 0.15) is 93.1 Å². The molecule has 0 spiro atoms. The standard InChI is InChI=1S/C38H70O6S2Si2/c1-34(2,3)47(11,12)42-22-21-33(44-48(13,14)35(4,5)6)36(7,8)38(45-23-18-24-46-38)27-31-25-37(39-9,40-10)26-32(43-31)29-41-28-30-19-16-15-17-20-30/h15-17,19-20,31-33H,18,21-29H2,1-14H3/t31-,32+,33-/m0/s1. The molecule has 0 saturated carbocycles. The molecule has 278 valence electrons. The van der Waals surface area contributed by atoms with Crippen LogP contribution < -0.4 is 0 Å². The van der Waals surface area contributed by atoms with Crippen LogP contribution in [0.3, 0.4) is 0 Å². The molecule has 0 radical (unpaired) electrons. The Morgan fingerprint density at radius 1 is 0.833 bits per heavy atom. The summed E-state index contributed by atoms with van der Waals surface area (Å²) in [5.74, 6) is 1.58. The molecule has 0 N–H and O–H groups in total. The second-order valence-corrected chi connectivity index (χ2v) is 30.2. The molecule has 3 rings (SSSR count). The lowest BCUT2D eigenvalue weighted by Crippen LogP contribution is -2.57. The molecular formula is C38H70O6S2Si2. The molecule has 0 amide bonds. The van der Waals surface area contributed by atoms with Gasteiger partial charge in [0.15, 0.2) is 22.4 Å². The fraction of sp³-hybridized carbons (Fsp3) is 0.842. The summed E-state index contributed by atoms with van der Waals surface area (Å²) >= 11 is 4.24. The number of rotatable bonds is 16. The van der Waals surface area contributed by atoms with E-state index >= 15 is 0 Å². The molecule has 0 aliphatic carbocycles. The summed E-state index contributed by atoms with van der Waals surface area (Å²) in [5.41, 5.74) is 0.994. The van der Waals surface area contributed by atoms with E-state index in [1.165, 1.54) is 6.42 Å². The number of thioether (sulfide) groups is 2. The van der Waals surface area contributed by atoms with Gasteiger partial charge in [0.2, 0.25) is 0 Å². The smallest absolute Gasteiger partial charge is 0.192 e. The van der Waals surface area contributed by atoms with Gasteiger partial charge in [-0.2, -0.15) is 0 Å². The highest BCUT2D eigenvalue weighted by Crippen LogP contribution is 2.60. The second kappa shape index (κ2) is 16.8. The van der Waals surface area contributed by atoms with Crippen molar-refractivity contribution >= 4 is 40.2 Å². The van der Waals surface area contributed by atoms with Crippen molar-refractivity contribution in [2.75, 3.05) is 38.9 Å². The Kier molecular flexibility index (Phi) is 14.9. The molecule has 10 heteroatoms. The first-order chi connectivity index (χ1) is 22.1. The topological polar surface area (TPSA) is 55.4 Å². The van der Waals surface area contributed by atoms with Gasteiger partial charge >= 0.3 is 0 Å². The van der Waals surface area contributed by atoms with Crippen LogP contribution in [0, 0.1) is 5.41 Å². The van der Waals surface area contributed by atoms with E-state index in [4.69, 9.17) is 27.8 Å². The maximum absolute atomic E-state index is 7.47. The highest BCUT2D eigenvalue weighted by molar-refractivity contribution is 8.18. The van der Waals surface area contributed by atoms with Crippen LogP contribution >= 0.6 is 23.5 Å². The Bertz CT molecular complexity index is 1110. The normalized spacial score (nSPS) is 23.2. The van der Waals surface area contributed by atoms with Crippen LogP contribution in [0.4, 0.5) is 0 Å². The van der Waals surface area contributed by atoms with Crippen molar-refractivity contribution in [3.05, 3.63) is 35.9 Å². The molecule has 6 nitrogen and oxygen atoms in total. The average molecular weight is 743 g/mol. The zero-order valence-electron chi connectivity index (χ0n) is 33.0. The Morgan fingerprint density at radius 2 is 1.40 bits per heavy atom. The van der Waals surface area contributed by atoms with Crippen molar-refractivity contribution in [3.8, 4) is 0 Å². The quantitative estimate of drug-likeness (QED) is 0.123. The zero-order chi connectivity index (χ0) is 36.1. The maximum Gasteiger partial charge on any atom is 0.192 e. The monoisotopic (exact) mass is 742 g/mol. The number of methoxy groups -OCH3 is 2. The number of hydrogen-bond donors (Lipinski definition) is 0. The van der Waals surface area contributed by atoms with E-state index in [1.54, 1.807) is 14.2 Å². The lowest BCUT2D eigenvalue weighted by Gasteiger charge is -2.55. The van der Waals surface area contributed by atoms with Gasteiger partial charge in [-0.3, -0.25) is 0 Å². The first kappa shape index (κ1) is 42.5. The molecule has 3 atom stereocenters. The molecule has 2 saturated heterocycles. The maximum atomic E-state index is 7.47. The van der Waals surface area contributed by atoms with E-state index in [-0.39, 0.29) is 37.9 Å². The second-order valence-electron chi connectivity index (χ2n) is 17.6. The molecular weight excluding hydrogens is 673 g/mol. The number of ether oxygens (including phenoxy) is 4. The molecule has 1 aromatic rings. The molecule has 1 aromatic carbocycles. The van der Waals surface area contributed by atoms with E-state index in [1.807, 2.05) is 6.07 Å². The third kappa shape index (κ3) is 10.6. The summed E-state index contributed by atoms with van der Waals surface area (Å²) in [6, 6.07) is 10.3. The Labute approximate surface area is 305 Å². The van der Waals surface area contributed by atoms with Crippen molar-refractivity contribution in [1.82, 2.24) is 0 Å². The van der Waals surface area contributed by atoms with Crippen molar-refractivity contribution < 1.29 is 27.8 Å². The molecule has 0 aromatic heterocycles. The minimum absolute atomic E-state index is 0.0432. The van der Waals surface area contributed by atoms with E-state index < -0.39 is 22.4 Å². The van der Waals surface area contributed by atoms with Gasteiger partial charge in [-0.15, -0.1) is 23.5 Å². The Balaban J connectivity index is 1.91. The molecule has 2 heterocycles. The van der Waals surface area contributed by atoms with Gasteiger partial charge in [0.25, 0.3) is 0 Å². The Morgan fingerprint density at radius 3 is 1.94 bits per heavy atom. The minimum atomic E-state index is -2.10. The zero-order valence-corrected chi connectivity index (χ0v) is 36.6. The van der Waals surface area contributed by atoms with Gasteiger partial charge in [0.1, 0.15) is 0 Å². The summed E-state index contributed by atoms with van der Waals surface area (Å²) in [6.45, 7) is 30.2. The number of benzene rings is 1. The van der Waals surface area contributed by atoms with Crippen LogP contribution in [0.2, 0.25) is 36.3 Å². The van der Waals surface area contributed by atoms with E-state index in [0.717, 1.165) is 36.5 Å². The van der Waals surface area contributed by atoms with Crippen LogP contribution in [-0.2, 0) is 34.4 Å². The van der Waals surface area contributed by atoms with E-state index in [9.17, 15) is 0 Å². The summed E-state index contributed by atoms with van der Waals surface area (Å²) < 4.78 is 39.6. The SMILES string of the molecule is COC1(OC)C[C@H](COCc2ccccc2)O[C@H](CC2(C(C)(C)[C@H](CCO[Si](C)(C)C(C)(C)C)O[Si](C)(C)C(C)(C)C)SCCCS2)C1. The van der Waals surface area contributed by atoms with Gasteiger partial charge in [-0.1, -0.05) is 85.7 Å². The highest BCUT2D eigenvalue weighted by Gasteiger charge is 2.56. The van der Waals surface area contributed by atoms with Gasteiger partial charge in [0.05, 0.1) is 35.6 Å². The third-order valence-corrected chi connectivity index (χ3v) is 24.8. The minimum Gasteiger partial charge on any atom is -0.417 e. The fourth-order valence-electron chi connectivity index (χ4n) is 6.27. The van der Waals surface area contributed by atoms with E-state index in [0.29, 0.717) is 26.1 Å². The fourth-order valence-corrected chi connectivity index (χ4v) is 12.7. The molecule has 2 aliphatic rings. The average Bonchev–Trinajstić information content (AvgIpc) is 3.00. The summed E-state index contributed by atoms with van der Waals surface area (Å²) in [7, 11) is -0.463. The third-order valence-electron chi connectivity index (χ3n) is 11.8. The lowest BCUT2D eigenvalue weighted by atomic mass is 9.77. The Hall–Kier alpha value is 0.114. The van der Waals surface area contributed by atoms with Crippen LogP contribution in [0.15, 0.2) is 30.3 Å². The van der Waals surface area contributed by atoms with Crippen molar-refractivity contribution in [2.45, 2.75) is 159 Å². The predicted octanol–water partition coefficient (Wildman–Crippen LogP) is 10.5. The van der Waals surface area contributed by atoms with Crippen LogP contribution in [-0.4, -0.2) is 83.8 Å². The molecule has 0 unspecified atom stereocenters. The number of hydrogen-bond acceptors (Lipinski definition) is 8. The molecule has 2 aliphatic heterocycles. The summed E-state index contributed by atoms with van der Waals surface area (Å²) in [4.78, 5) is 0. The lowest BCUT2D eigenvalue weighted by molar-refractivity contribution is -0.278. The predicted molar refractivity (Wildman–Crippen MR) is 211 cm³/mol. The van der Waals surface area contributed by atoms with E-state index in [2.05, 4.69) is 129 Å². The van der Waals surface area contributed by atoms with Crippen LogP contribution in [0.5, 0.6) is 0 Å². The van der Waals surface area contributed by atoms with Gasteiger partial charge < -0.3 is 27.8 Å². The van der Waals surface area contributed by atoms with Crippen molar-refractivity contribution in [1.29, 1.82) is 0 Å². The highest BCUT2D eigenvalue weighted by atomic mass is 32.2. The van der Waals surface area contributed by atoms with Gasteiger partial charge in [0, 0.05) is 39.1 Å². The molecule has 2 fully saturated rings.